The number of rotatable bonds is 5. The van der Waals surface area contributed by atoms with E-state index < -0.39 is 0 Å². The zero-order valence-electron chi connectivity index (χ0n) is 12.9. The molecule has 0 bridgehead atoms. The molecule has 4 heteroatoms. The average Bonchev–Trinajstić information content (AvgIpc) is 2.51. The van der Waals surface area contributed by atoms with E-state index >= 15 is 0 Å². The van der Waals surface area contributed by atoms with E-state index in [0.29, 0.717) is 12.1 Å². The Morgan fingerprint density at radius 3 is 2.81 bits per heavy atom. The molecular weight excluding hydrogens is 262 g/mol. The Balaban J connectivity index is 2.16. The van der Waals surface area contributed by atoms with Crippen molar-refractivity contribution in [1.29, 1.82) is 5.26 Å². The monoisotopic (exact) mass is 285 g/mol. The first-order chi connectivity index (χ1) is 10.2. The van der Waals surface area contributed by atoms with Gasteiger partial charge in [-0.25, -0.2) is 0 Å². The Kier molecular flexibility index (Phi) is 5.35. The third kappa shape index (κ3) is 3.62. The van der Waals surface area contributed by atoms with Crippen LogP contribution in [0.15, 0.2) is 24.3 Å². The normalized spacial score (nSPS) is 19.6. The number of nitrogens with zero attached hydrogens (tertiary/aromatic N) is 3. The highest BCUT2D eigenvalue weighted by Gasteiger charge is 2.32. The highest BCUT2D eigenvalue weighted by Crippen LogP contribution is 2.20. The molecule has 1 heterocycles. The topological polar surface area (TPSA) is 47.3 Å². The Hall–Kier alpha value is -1.86. The van der Waals surface area contributed by atoms with Crippen molar-refractivity contribution in [3.8, 4) is 6.07 Å². The molecule has 1 fully saturated rings. The maximum atomic E-state index is 12.4. The highest BCUT2D eigenvalue weighted by atomic mass is 16.2. The number of benzene rings is 1. The summed E-state index contributed by atoms with van der Waals surface area (Å²) >= 11 is 0. The largest absolute Gasteiger partial charge is 0.343 e. The van der Waals surface area contributed by atoms with Crippen molar-refractivity contribution in [2.24, 2.45) is 0 Å². The van der Waals surface area contributed by atoms with E-state index in [0.717, 1.165) is 37.9 Å². The van der Waals surface area contributed by atoms with Gasteiger partial charge in [0, 0.05) is 26.7 Å². The SMILES string of the molecule is CCCC[C@H]1C(=O)N(C)CCN1Cc1ccccc1C#N. The predicted molar refractivity (Wildman–Crippen MR) is 82.5 cm³/mol. The quantitative estimate of drug-likeness (QED) is 0.834. The van der Waals surface area contributed by atoms with Crippen molar-refractivity contribution in [2.75, 3.05) is 20.1 Å². The summed E-state index contributed by atoms with van der Waals surface area (Å²) in [5.41, 5.74) is 1.72. The fourth-order valence-electron chi connectivity index (χ4n) is 2.83. The van der Waals surface area contributed by atoms with Gasteiger partial charge in [0.15, 0.2) is 0 Å². The van der Waals surface area contributed by atoms with Gasteiger partial charge in [0.1, 0.15) is 0 Å². The molecule has 1 atom stereocenters. The van der Waals surface area contributed by atoms with Gasteiger partial charge in [0.25, 0.3) is 0 Å². The number of hydrogen-bond donors (Lipinski definition) is 0. The molecule has 0 aromatic heterocycles. The van der Waals surface area contributed by atoms with Crippen LogP contribution in [0.25, 0.3) is 0 Å². The first kappa shape index (κ1) is 15.5. The Morgan fingerprint density at radius 1 is 1.33 bits per heavy atom. The summed E-state index contributed by atoms with van der Waals surface area (Å²) in [5.74, 6) is 0.212. The van der Waals surface area contributed by atoms with Crippen molar-refractivity contribution in [3.63, 3.8) is 0 Å². The van der Waals surface area contributed by atoms with E-state index in [1.165, 1.54) is 0 Å². The number of unbranched alkanes of at least 4 members (excludes halogenated alkanes) is 1. The van der Waals surface area contributed by atoms with E-state index in [1.807, 2.05) is 36.2 Å². The molecule has 2 rings (SSSR count). The van der Waals surface area contributed by atoms with Crippen LogP contribution in [0.1, 0.15) is 37.3 Å². The van der Waals surface area contributed by atoms with Gasteiger partial charge in [-0.2, -0.15) is 5.26 Å². The number of hydrogen-bond acceptors (Lipinski definition) is 3. The van der Waals surface area contributed by atoms with Gasteiger partial charge >= 0.3 is 0 Å². The maximum absolute atomic E-state index is 12.4. The minimum absolute atomic E-state index is 0.0459. The van der Waals surface area contributed by atoms with E-state index in [9.17, 15) is 10.1 Å². The summed E-state index contributed by atoms with van der Waals surface area (Å²) in [5, 5.41) is 9.21. The summed E-state index contributed by atoms with van der Waals surface area (Å²) in [4.78, 5) is 16.5. The molecule has 0 N–H and O–H groups in total. The predicted octanol–water partition coefficient (Wildman–Crippen LogP) is 2.39. The van der Waals surface area contributed by atoms with Gasteiger partial charge in [-0.05, 0) is 18.1 Å². The van der Waals surface area contributed by atoms with Crippen LogP contribution in [-0.4, -0.2) is 41.9 Å². The van der Waals surface area contributed by atoms with E-state index in [1.54, 1.807) is 0 Å². The molecule has 4 nitrogen and oxygen atoms in total. The van der Waals surface area contributed by atoms with E-state index in [-0.39, 0.29) is 11.9 Å². The molecule has 21 heavy (non-hydrogen) atoms. The Labute approximate surface area is 127 Å². The van der Waals surface area contributed by atoms with Gasteiger partial charge in [-0.3, -0.25) is 9.69 Å². The van der Waals surface area contributed by atoms with Crippen LogP contribution in [0.5, 0.6) is 0 Å². The molecule has 1 aromatic carbocycles. The molecule has 0 spiro atoms. The second-order valence-corrected chi connectivity index (χ2v) is 5.66. The third-order valence-electron chi connectivity index (χ3n) is 4.17. The first-order valence-electron chi connectivity index (χ1n) is 7.64. The van der Waals surface area contributed by atoms with Crippen LogP contribution in [0, 0.1) is 11.3 Å². The maximum Gasteiger partial charge on any atom is 0.239 e. The zero-order valence-corrected chi connectivity index (χ0v) is 12.9. The van der Waals surface area contributed by atoms with Gasteiger partial charge in [0.05, 0.1) is 17.7 Å². The van der Waals surface area contributed by atoms with E-state index in [2.05, 4.69) is 17.9 Å². The molecular formula is C17H23N3O. The van der Waals surface area contributed by atoms with Crippen molar-refractivity contribution < 1.29 is 4.79 Å². The highest BCUT2D eigenvalue weighted by molar-refractivity contribution is 5.82. The average molecular weight is 285 g/mol. The molecule has 0 unspecified atom stereocenters. The molecule has 0 radical (unpaired) electrons. The lowest BCUT2D eigenvalue weighted by Gasteiger charge is -2.39. The van der Waals surface area contributed by atoms with Gasteiger partial charge in [0.2, 0.25) is 5.91 Å². The van der Waals surface area contributed by atoms with Gasteiger partial charge in [-0.1, -0.05) is 38.0 Å². The van der Waals surface area contributed by atoms with Crippen LogP contribution in [-0.2, 0) is 11.3 Å². The van der Waals surface area contributed by atoms with Gasteiger partial charge < -0.3 is 4.90 Å². The smallest absolute Gasteiger partial charge is 0.239 e. The van der Waals surface area contributed by atoms with Crippen molar-refractivity contribution in [1.82, 2.24) is 9.80 Å². The fourth-order valence-corrected chi connectivity index (χ4v) is 2.83. The van der Waals surface area contributed by atoms with Crippen LogP contribution in [0.2, 0.25) is 0 Å². The lowest BCUT2D eigenvalue weighted by molar-refractivity contribution is -0.140. The van der Waals surface area contributed by atoms with Crippen LogP contribution in [0.3, 0.4) is 0 Å². The first-order valence-corrected chi connectivity index (χ1v) is 7.64. The van der Waals surface area contributed by atoms with E-state index in [4.69, 9.17) is 0 Å². The number of likely N-dealkylation sites (N-methyl/N-ethyl adjacent to an activating group) is 1. The summed E-state index contributed by atoms with van der Waals surface area (Å²) in [6.45, 7) is 4.45. The number of carbonyl (C=O) groups is 1. The zero-order chi connectivity index (χ0) is 15.2. The minimum Gasteiger partial charge on any atom is -0.343 e. The Bertz CT molecular complexity index is 535. The van der Waals surface area contributed by atoms with Crippen LogP contribution in [0.4, 0.5) is 0 Å². The molecule has 1 saturated heterocycles. The molecule has 1 aliphatic heterocycles. The summed E-state index contributed by atoms with van der Waals surface area (Å²) in [6.07, 6.45) is 3.05. The molecule has 1 aliphatic rings. The third-order valence-corrected chi connectivity index (χ3v) is 4.17. The molecule has 1 aromatic rings. The lowest BCUT2D eigenvalue weighted by atomic mass is 10.0. The summed E-state index contributed by atoms with van der Waals surface area (Å²) in [6, 6.07) is 9.86. The molecule has 1 amide bonds. The molecule has 0 saturated carbocycles. The van der Waals surface area contributed by atoms with Crippen molar-refractivity contribution in [2.45, 2.75) is 38.8 Å². The number of carbonyl (C=O) groups excluding carboxylic acids is 1. The van der Waals surface area contributed by atoms with Crippen LogP contribution >= 0.6 is 0 Å². The minimum atomic E-state index is -0.0459. The molecule has 112 valence electrons. The fraction of sp³-hybridized carbons (Fsp3) is 0.529. The Morgan fingerprint density at radius 2 is 2.10 bits per heavy atom. The van der Waals surface area contributed by atoms with Crippen molar-refractivity contribution in [3.05, 3.63) is 35.4 Å². The second kappa shape index (κ2) is 7.24. The standard InChI is InChI=1S/C17H23N3O/c1-3-4-9-16-17(21)19(2)10-11-20(16)13-15-8-6-5-7-14(15)12-18/h5-8,16H,3-4,9-11,13H2,1-2H3/t16-/m0/s1. The number of nitriles is 1. The summed E-state index contributed by atoms with van der Waals surface area (Å²) in [7, 11) is 1.88. The molecule has 0 aliphatic carbocycles. The second-order valence-electron chi connectivity index (χ2n) is 5.66. The number of amides is 1. The van der Waals surface area contributed by atoms with Gasteiger partial charge in [-0.15, -0.1) is 0 Å². The number of piperazine rings is 1. The van der Waals surface area contributed by atoms with Crippen LogP contribution < -0.4 is 0 Å². The summed E-state index contributed by atoms with van der Waals surface area (Å²) < 4.78 is 0. The van der Waals surface area contributed by atoms with Crippen molar-refractivity contribution >= 4 is 5.91 Å². The lowest BCUT2D eigenvalue weighted by Crippen LogP contribution is -2.55.